The lowest BCUT2D eigenvalue weighted by Gasteiger charge is -2.35. The zero-order valence-corrected chi connectivity index (χ0v) is 13.3. The molecule has 6 nitrogen and oxygen atoms in total. The molecule has 0 unspecified atom stereocenters. The highest BCUT2D eigenvalue weighted by Gasteiger charge is 2.31. The van der Waals surface area contributed by atoms with Crippen molar-refractivity contribution in [1.82, 2.24) is 15.3 Å². The number of amides is 2. The number of halogens is 1. The first-order chi connectivity index (χ1) is 10.5. The lowest BCUT2D eigenvalue weighted by Crippen LogP contribution is -2.45. The molecule has 2 aromatic heterocycles. The van der Waals surface area contributed by atoms with Gasteiger partial charge in [0.25, 0.3) is 5.91 Å². The molecule has 0 radical (unpaired) electrons. The van der Waals surface area contributed by atoms with Crippen LogP contribution >= 0.6 is 15.9 Å². The van der Waals surface area contributed by atoms with Gasteiger partial charge in [0.05, 0.1) is 9.99 Å². The fourth-order valence-electron chi connectivity index (χ4n) is 2.70. The number of aromatic nitrogens is 2. The second-order valence-corrected chi connectivity index (χ2v) is 6.42. The van der Waals surface area contributed by atoms with E-state index >= 15 is 0 Å². The number of hydrogen-bond acceptors (Lipinski definition) is 4. The van der Waals surface area contributed by atoms with Gasteiger partial charge in [-0.1, -0.05) is 0 Å². The van der Waals surface area contributed by atoms with Crippen molar-refractivity contribution < 1.29 is 9.59 Å². The smallest absolute Gasteiger partial charge is 0.270 e. The Morgan fingerprint density at radius 1 is 1.32 bits per heavy atom. The van der Waals surface area contributed by atoms with Crippen LogP contribution in [-0.4, -0.2) is 27.8 Å². The average Bonchev–Trinajstić information content (AvgIpc) is 2.44. The molecule has 0 bridgehead atoms. The maximum absolute atomic E-state index is 12.2. The van der Waals surface area contributed by atoms with Crippen LogP contribution in [0.3, 0.4) is 0 Å². The molecule has 0 saturated heterocycles. The molecule has 2 amide bonds. The summed E-state index contributed by atoms with van der Waals surface area (Å²) >= 11 is 3.39. The zero-order chi connectivity index (χ0) is 15.7. The summed E-state index contributed by atoms with van der Waals surface area (Å²) < 4.78 is 0.754. The predicted octanol–water partition coefficient (Wildman–Crippen LogP) is 1.78. The van der Waals surface area contributed by atoms with E-state index in [1.807, 2.05) is 6.07 Å². The van der Waals surface area contributed by atoms with E-state index in [4.69, 9.17) is 5.73 Å². The molecule has 1 saturated carbocycles. The highest BCUT2D eigenvalue weighted by atomic mass is 79.9. The summed E-state index contributed by atoms with van der Waals surface area (Å²) in [6.07, 6.45) is 5.32. The van der Waals surface area contributed by atoms with Crippen LogP contribution < -0.4 is 11.1 Å². The second kappa shape index (κ2) is 6.00. The lowest BCUT2D eigenvalue weighted by atomic mass is 9.78. The van der Waals surface area contributed by atoms with Gasteiger partial charge in [0, 0.05) is 30.2 Å². The van der Waals surface area contributed by atoms with Gasteiger partial charge in [-0.15, -0.1) is 0 Å². The maximum atomic E-state index is 12.2. The number of carbonyl (C=O) groups is 2. The second-order valence-electron chi connectivity index (χ2n) is 5.57. The minimum Gasteiger partial charge on any atom is -0.370 e. The fourth-order valence-corrected chi connectivity index (χ4v) is 3.14. The summed E-state index contributed by atoms with van der Waals surface area (Å²) in [5, 5.41) is 3.81. The maximum Gasteiger partial charge on any atom is 0.270 e. The molecule has 1 fully saturated rings. The summed E-state index contributed by atoms with van der Waals surface area (Å²) in [6, 6.07) is 3.60. The summed E-state index contributed by atoms with van der Waals surface area (Å²) in [4.78, 5) is 31.5. The minimum atomic E-state index is -0.288. The van der Waals surface area contributed by atoms with Crippen LogP contribution in [0.2, 0.25) is 0 Å². The van der Waals surface area contributed by atoms with E-state index in [0.29, 0.717) is 17.6 Å². The van der Waals surface area contributed by atoms with Gasteiger partial charge in [0.2, 0.25) is 5.91 Å². The van der Waals surface area contributed by atoms with Crippen molar-refractivity contribution in [3.8, 4) is 0 Å². The van der Waals surface area contributed by atoms with E-state index in [1.165, 1.54) is 0 Å². The van der Waals surface area contributed by atoms with E-state index in [1.54, 1.807) is 18.5 Å². The Labute approximate surface area is 135 Å². The number of rotatable bonds is 4. The van der Waals surface area contributed by atoms with Gasteiger partial charge in [-0.2, -0.15) is 0 Å². The molecular weight excluding hydrogens is 348 g/mol. The van der Waals surface area contributed by atoms with Crippen LogP contribution in [0.5, 0.6) is 0 Å². The molecule has 0 aromatic carbocycles. The van der Waals surface area contributed by atoms with E-state index in [2.05, 4.69) is 31.2 Å². The van der Waals surface area contributed by atoms with Crippen molar-refractivity contribution in [2.45, 2.75) is 25.3 Å². The number of fused-ring (bicyclic) bond motifs is 1. The standard InChI is InChI=1S/C15H15BrN4O2/c16-11-7-18-6-9-1-2-12(20-14(9)11)15(22)19-10-3-8(4-10)5-13(17)21/h1-2,6-8,10H,3-5H2,(H2,17,21)(H,19,22). The normalized spacial score (nSPS) is 20.4. The molecule has 0 spiro atoms. The number of primary amides is 1. The molecule has 3 rings (SSSR count). The van der Waals surface area contributed by atoms with Crippen molar-refractivity contribution in [2.75, 3.05) is 0 Å². The molecule has 2 aromatic rings. The molecule has 0 atom stereocenters. The van der Waals surface area contributed by atoms with Crippen LogP contribution in [0.25, 0.3) is 10.9 Å². The first-order valence-corrected chi connectivity index (χ1v) is 7.81. The molecule has 7 heteroatoms. The van der Waals surface area contributed by atoms with Crippen molar-refractivity contribution in [3.63, 3.8) is 0 Å². The number of nitrogens with zero attached hydrogens (tertiary/aromatic N) is 2. The summed E-state index contributed by atoms with van der Waals surface area (Å²) in [5.41, 5.74) is 6.25. The van der Waals surface area contributed by atoms with Gasteiger partial charge in [0.15, 0.2) is 0 Å². The van der Waals surface area contributed by atoms with Crippen LogP contribution in [-0.2, 0) is 4.79 Å². The van der Waals surface area contributed by atoms with Gasteiger partial charge in [-0.3, -0.25) is 14.6 Å². The Balaban J connectivity index is 1.66. The van der Waals surface area contributed by atoms with Crippen LogP contribution in [0.4, 0.5) is 0 Å². The lowest BCUT2D eigenvalue weighted by molar-refractivity contribution is -0.119. The van der Waals surface area contributed by atoms with Crippen molar-refractivity contribution >= 4 is 38.6 Å². The number of hydrogen-bond donors (Lipinski definition) is 2. The largest absolute Gasteiger partial charge is 0.370 e. The van der Waals surface area contributed by atoms with E-state index in [9.17, 15) is 9.59 Å². The highest BCUT2D eigenvalue weighted by Crippen LogP contribution is 2.30. The monoisotopic (exact) mass is 362 g/mol. The number of nitrogens with two attached hydrogens (primary N) is 1. The van der Waals surface area contributed by atoms with E-state index in [-0.39, 0.29) is 23.8 Å². The number of nitrogens with one attached hydrogen (secondary N) is 1. The molecule has 114 valence electrons. The van der Waals surface area contributed by atoms with Gasteiger partial charge in [0.1, 0.15) is 5.69 Å². The van der Waals surface area contributed by atoms with Gasteiger partial charge in [-0.05, 0) is 46.8 Å². The first-order valence-electron chi connectivity index (χ1n) is 7.02. The molecule has 22 heavy (non-hydrogen) atoms. The minimum absolute atomic E-state index is 0.0928. The first kappa shape index (κ1) is 14.9. The summed E-state index contributed by atoms with van der Waals surface area (Å²) in [6.45, 7) is 0. The third-order valence-corrected chi connectivity index (χ3v) is 4.43. The van der Waals surface area contributed by atoms with Crippen LogP contribution in [0.15, 0.2) is 29.0 Å². The molecule has 3 N–H and O–H groups in total. The van der Waals surface area contributed by atoms with Crippen LogP contribution in [0.1, 0.15) is 29.8 Å². The molecular formula is C15H15BrN4O2. The molecule has 2 heterocycles. The van der Waals surface area contributed by atoms with Gasteiger partial charge in [-0.25, -0.2) is 4.98 Å². The van der Waals surface area contributed by atoms with Crippen molar-refractivity contribution in [2.24, 2.45) is 11.7 Å². The highest BCUT2D eigenvalue weighted by molar-refractivity contribution is 9.10. The third-order valence-electron chi connectivity index (χ3n) is 3.85. The Hall–Kier alpha value is -2.02. The SMILES string of the molecule is NC(=O)CC1CC(NC(=O)c2ccc3cncc(Br)c3n2)C1. The van der Waals surface area contributed by atoms with Crippen molar-refractivity contribution in [1.29, 1.82) is 0 Å². The van der Waals surface area contributed by atoms with Gasteiger partial charge < -0.3 is 11.1 Å². The zero-order valence-electron chi connectivity index (χ0n) is 11.8. The van der Waals surface area contributed by atoms with E-state index < -0.39 is 0 Å². The molecule has 1 aliphatic carbocycles. The Bertz CT molecular complexity index is 743. The summed E-state index contributed by atoms with van der Waals surface area (Å²) in [5.74, 6) is -0.204. The average molecular weight is 363 g/mol. The van der Waals surface area contributed by atoms with Crippen molar-refractivity contribution in [3.05, 3.63) is 34.7 Å². The topological polar surface area (TPSA) is 98.0 Å². The Morgan fingerprint density at radius 2 is 2.09 bits per heavy atom. The Morgan fingerprint density at radius 3 is 2.82 bits per heavy atom. The third kappa shape index (κ3) is 3.09. The number of pyridine rings is 2. The number of carbonyl (C=O) groups excluding carboxylic acids is 2. The fraction of sp³-hybridized carbons (Fsp3) is 0.333. The molecule has 1 aliphatic rings. The Kier molecular flexibility index (Phi) is 4.06. The van der Waals surface area contributed by atoms with E-state index in [0.717, 1.165) is 22.7 Å². The van der Waals surface area contributed by atoms with Crippen LogP contribution in [0, 0.1) is 5.92 Å². The quantitative estimate of drug-likeness (QED) is 0.865. The summed E-state index contributed by atoms with van der Waals surface area (Å²) in [7, 11) is 0. The predicted molar refractivity (Wildman–Crippen MR) is 85.0 cm³/mol. The molecule has 0 aliphatic heterocycles. The van der Waals surface area contributed by atoms with Gasteiger partial charge >= 0.3 is 0 Å².